The maximum absolute atomic E-state index is 11.1. The number of aromatic nitrogens is 1. The molecule has 12 heavy (non-hydrogen) atoms. The third-order valence-electron chi connectivity index (χ3n) is 1.55. The summed E-state index contributed by atoms with van der Waals surface area (Å²) < 4.78 is 4.76. The first-order valence-corrected chi connectivity index (χ1v) is 3.35. The van der Waals surface area contributed by atoms with Crippen molar-refractivity contribution in [3.05, 3.63) is 34.6 Å². The van der Waals surface area contributed by atoms with Gasteiger partial charge < -0.3 is 9.63 Å². The van der Waals surface area contributed by atoms with Gasteiger partial charge in [-0.25, -0.2) is 0 Å². The second-order valence-corrected chi connectivity index (χ2v) is 2.37. The van der Waals surface area contributed by atoms with Crippen LogP contribution in [0.2, 0.25) is 0 Å². The molecule has 1 aromatic heterocycles. The Labute approximate surface area is 67.0 Å². The molecule has 0 fully saturated rings. The molecule has 60 valence electrons. The van der Waals surface area contributed by atoms with E-state index in [2.05, 4.69) is 5.16 Å². The monoisotopic (exact) mass is 163 g/mol. The minimum absolute atomic E-state index is 0.0543. The van der Waals surface area contributed by atoms with Crippen LogP contribution in [0.15, 0.2) is 33.7 Å². The van der Waals surface area contributed by atoms with Crippen molar-refractivity contribution in [2.24, 2.45) is 0 Å². The van der Waals surface area contributed by atoms with Crippen LogP contribution < -0.4 is 5.43 Å². The molecule has 4 heteroatoms. The van der Waals surface area contributed by atoms with E-state index in [0.717, 1.165) is 6.20 Å². The van der Waals surface area contributed by atoms with Crippen LogP contribution in [0.25, 0.3) is 11.0 Å². The molecule has 0 aliphatic carbocycles. The van der Waals surface area contributed by atoms with E-state index in [4.69, 9.17) is 9.63 Å². The van der Waals surface area contributed by atoms with Crippen molar-refractivity contribution in [2.45, 2.75) is 0 Å². The molecule has 0 aliphatic heterocycles. The number of rotatable bonds is 0. The van der Waals surface area contributed by atoms with Crippen LogP contribution in [0.1, 0.15) is 0 Å². The molecule has 0 atom stereocenters. The summed E-state index contributed by atoms with van der Waals surface area (Å²) in [5, 5.41) is 12.8. The van der Waals surface area contributed by atoms with Gasteiger partial charge in [-0.2, -0.15) is 0 Å². The fourth-order valence-corrected chi connectivity index (χ4v) is 0.991. The number of hydrogen-bond donors (Lipinski definition) is 1. The summed E-state index contributed by atoms with van der Waals surface area (Å²) in [7, 11) is 0. The van der Waals surface area contributed by atoms with Gasteiger partial charge in [0.05, 0.1) is 5.39 Å². The maximum Gasteiger partial charge on any atom is 0.211 e. The average Bonchev–Trinajstić information content (AvgIpc) is 2.04. The zero-order chi connectivity index (χ0) is 8.55. The van der Waals surface area contributed by atoms with Crippen molar-refractivity contribution >= 4 is 11.0 Å². The summed E-state index contributed by atoms with van der Waals surface area (Å²) in [6.07, 6.45) is 1.10. The van der Waals surface area contributed by atoms with Gasteiger partial charge in [-0.05, 0) is 12.1 Å². The predicted molar refractivity (Wildman–Crippen MR) is 41.9 cm³/mol. The van der Waals surface area contributed by atoms with Gasteiger partial charge in [0.15, 0.2) is 5.58 Å². The second-order valence-electron chi connectivity index (χ2n) is 2.37. The highest BCUT2D eigenvalue weighted by atomic mass is 16.5. The van der Waals surface area contributed by atoms with Crippen molar-refractivity contribution in [1.29, 1.82) is 0 Å². The van der Waals surface area contributed by atoms with Crippen molar-refractivity contribution in [2.75, 3.05) is 0 Å². The van der Waals surface area contributed by atoms with Gasteiger partial charge in [-0.15, -0.1) is 0 Å². The van der Waals surface area contributed by atoms with Gasteiger partial charge >= 0.3 is 0 Å². The molecule has 0 saturated carbocycles. The lowest BCUT2D eigenvalue weighted by Gasteiger charge is -1.93. The summed E-state index contributed by atoms with van der Waals surface area (Å²) in [5.74, 6) is 0.0543. The molecule has 1 N–H and O–H groups in total. The van der Waals surface area contributed by atoms with Crippen molar-refractivity contribution in [3.8, 4) is 5.75 Å². The average molecular weight is 163 g/mol. The number of phenols is 1. The fourth-order valence-electron chi connectivity index (χ4n) is 0.991. The van der Waals surface area contributed by atoms with Crippen molar-refractivity contribution in [1.82, 2.24) is 5.16 Å². The van der Waals surface area contributed by atoms with E-state index in [0.29, 0.717) is 11.0 Å². The number of fused-ring (bicyclic) bond motifs is 1. The largest absolute Gasteiger partial charge is 0.508 e. The van der Waals surface area contributed by atoms with Gasteiger partial charge in [-0.3, -0.25) is 4.79 Å². The van der Waals surface area contributed by atoms with Crippen LogP contribution in [0, 0.1) is 0 Å². The molecule has 0 saturated heterocycles. The Kier molecular flexibility index (Phi) is 1.33. The van der Waals surface area contributed by atoms with Crippen molar-refractivity contribution in [3.63, 3.8) is 0 Å². The second kappa shape index (κ2) is 2.34. The summed E-state index contributed by atoms with van der Waals surface area (Å²) in [4.78, 5) is 11.1. The van der Waals surface area contributed by atoms with Gasteiger partial charge in [0.1, 0.15) is 11.9 Å². The van der Waals surface area contributed by atoms with Crippen LogP contribution in [0.5, 0.6) is 5.75 Å². The SMILES string of the molecule is O=c1cnoc2cc(O)ccc12. The molecule has 2 aromatic rings. The highest BCUT2D eigenvalue weighted by Gasteiger charge is 2.00. The van der Waals surface area contributed by atoms with Crippen LogP contribution >= 0.6 is 0 Å². The van der Waals surface area contributed by atoms with Crippen molar-refractivity contribution < 1.29 is 9.63 Å². The Hall–Kier alpha value is -1.84. The lowest BCUT2D eigenvalue weighted by atomic mass is 10.2. The molecule has 0 bridgehead atoms. The molecular formula is C8H5NO3. The summed E-state index contributed by atoms with van der Waals surface area (Å²) in [6.45, 7) is 0. The fraction of sp³-hybridized carbons (Fsp3) is 0. The molecule has 1 heterocycles. The van der Waals surface area contributed by atoms with E-state index in [9.17, 15) is 4.79 Å². The Morgan fingerprint density at radius 3 is 3.08 bits per heavy atom. The maximum atomic E-state index is 11.1. The van der Waals surface area contributed by atoms with Crippen LogP contribution in [-0.4, -0.2) is 10.3 Å². The molecular weight excluding hydrogens is 158 g/mol. The van der Waals surface area contributed by atoms with Crippen LogP contribution in [0.3, 0.4) is 0 Å². The zero-order valence-corrected chi connectivity index (χ0v) is 6.02. The van der Waals surface area contributed by atoms with E-state index in [1.54, 1.807) is 0 Å². The first-order valence-electron chi connectivity index (χ1n) is 3.35. The van der Waals surface area contributed by atoms with Crippen LogP contribution in [0.4, 0.5) is 0 Å². The van der Waals surface area contributed by atoms with E-state index >= 15 is 0 Å². The molecule has 1 aromatic carbocycles. The third-order valence-corrected chi connectivity index (χ3v) is 1.55. The number of hydrogen-bond acceptors (Lipinski definition) is 4. The topological polar surface area (TPSA) is 63.3 Å². The highest BCUT2D eigenvalue weighted by Crippen LogP contribution is 2.15. The van der Waals surface area contributed by atoms with Gasteiger partial charge in [0.25, 0.3) is 0 Å². The minimum atomic E-state index is -0.212. The molecule has 2 rings (SSSR count). The van der Waals surface area contributed by atoms with Gasteiger partial charge in [-0.1, -0.05) is 5.16 Å². The Balaban J connectivity index is 2.96. The molecule has 0 radical (unpaired) electrons. The number of benzene rings is 1. The van der Waals surface area contributed by atoms with E-state index in [-0.39, 0.29) is 11.2 Å². The Morgan fingerprint density at radius 1 is 1.42 bits per heavy atom. The zero-order valence-electron chi connectivity index (χ0n) is 6.02. The smallest absolute Gasteiger partial charge is 0.211 e. The standard InChI is InChI=1S/C8H5NO3/c10-5-1-2-6-7(11)4-9-12-8(6)3-5/h1-4,10H. The molecule has 0 unspecified atom stereocenters. The van der Waals surface area contributed by atoms with Crippen LogP contribution in [-0.2, 0) is 0 Å². The quantitative estimate of drug-likeness (QED) is 0.626. The Morgan fingerprint density at radius 2 is 2.25 bits per heavy atom. The summed E-state index contributed by atoms with van der Waals surface area (Å²) in [6, 6.07) is 4.28. The predicted octanol–water partition coefficient (Wildman–Crippen LogP) is 0.894. The molecule has 0 spiro atoms. The minimum Gasteiger partial charge on any atom is -0.508 e. The molecule has 0 amide bonds. The first kappa shape index (κ1) is 6.84. The van der Waals surface area contributed by atoms with Gasteiger partial charge in [0, 0.05) is 6.07 Å². The Bertz CT molecular complexity index is 475. The molecule has 0 aliphatic rings. The molecule has 4 nitrogen and oxygen atoms in total. The number of aromatic hydroxyl groups is 1. The number of phenolic OH excluding ortho intramolecular Hbond substituents is 1. The summed E-state index contributed by atoms with van der Waals surface area (Å²) >= 11 is 0. The first-order chi connectivity index (χ1) is 5.77. The normalized spacial score (nSPS) is 10.3. The lowest BCUT2D eigenvalue weighted by molar-refractivity contribution is 0.435. The van der Waals surface area contributed by atoms with E-state index in [1.807, 2.05) is 0 Å². The lowest BCUT2D eigenvalue weighted by Crippen LogP contribution is -1.99. The summed E-state index contributed by atoms with van der Waals surface area (Å²) in [5.41, 5.74) is 0.0822. The van der Waals surface area contributed by atoms with E-state index in [1.165, 1.54) is 18.2 Å². The van der Waals surface area contributed by atoms with Gasteiger partial charge in [0.2, 0.25) is 5.43 Å². The van der Waals surface area contributed by atoms with E-state index < -0.39 is 0 Å². The number of nitrogens with zero attached hydrogens (tertiary/aromatic N) is 1. The highest BCUT2D eigenvalue weighted by molar-refractivity contribution is 5.76. The third kappa shape index (κ3) is 0.934.